The van der Waals surface area contributed by atoms with E-state index in [1.54, 1.807) is 0 Å². The summed E-state index contributed by atoms with van der Waals surface area (Å²) in [7, 11) is 2.00. The number of ether oxygens (including phenoxy) is 1. The van der Waals surface area contributed by atoms with Crippen LogP contribution in [0.3, 0.4) is 0 Å². The molecule has 2 aromatic carbocycles. The fourth-order valence-electron chi connectivity index (χ4n) is 3.40. The summed E-state index contributed by atoms with van der Waals surface area (Å²) in [5.74, 6) is 1.75. The molecule has 0 aliphatic heterocycles. The lowest BCUT2D eigenvalue weighted by atomic mass is 10.1. The van der Waals surface area contributed by atoms with Gasteiger partial charge in [0.2, 0.25) is 0 Å². The van der Waals surface area contributed by atoms with Crippen molar-refractivity contribution in [2.75, 3.05) is 11.9 Å². The molecule has 0 radical (unpaired) electrons. The van der Waals surface area contributed by atoms with Gasteiger partial charge < -0.3 is 9.64 Å². The molecule has 4 rings (SSSR count). The number of aryl methyl sites for hydroxylation is 3. The van der Waals surface area contributed by atoms with Crippen LogP contribution in [0, 0.1) is 20.8 Å². The number of rotatable bonds is 6. The third kappa shape index (κ3) is 4.18. The Morgan fingerprint density at radius 1 is 0.931 bits per heavy atom. The van der Waals surface area contributed by atoms with Crippen LogP contribution >= 0.6 is 0 Å². The highest BCUT2D eigenvalue weighted by molar-refractivity contribution is 5.47. The summed E-state index contributed by atoms with van der Waals surface area (Å²) in [5.41, 5.74) is 6.51. The number of hydrogen-bond acceptors (Lipinski definition) is 6. The molecular formula is C22H24N6O. The number of tetrazole rings is 1. The normalized spacial score (nSPS) is 11.0. The van der Waals surface area contributed by atoms with E-state index in [4.69, 9.17) is 4.74 Å². The van der Waals surface area contributed by atoms with Gasteiger partial charge in [-0.2, -0.15) is 0 Å². The van der Waals surface area contributed by atoms with Crippen molar-refractivity contribution in [1.29, 1.82) is 0 Å². The Hall–Kier alpha value is -3.48. The average Bonchev–Trinajstić information content (AvgIpc) is 3.16. The molecule has 0 spiro atoms. The van der Waals surface area contributed by atoms with E-state index in [9.17, 15) is 0 Å². The van der Waals surface area contributed by atoms with Crippen molar-refractivity contribution in [3.63, 3.8) is 0 Å². The first-order valence-corrected chi connectivity index (χ1v) is 9.54. The Bertz CT molecular complexity index is 1110. The molecule has 0 bridgehead atoms. The lowest BCUT2D eigenvalue weighted by Crippen LogP contribution is -2.19. The summed E-state index contributed by atoms with van der Waals surface area (Å²) in [6.45, 7) is 7.56. The Labute approximate surface area is 169 Å². The highest BCUT2D eigenvalue weighted by Gasteiger charge is 2.11. The van der Waals surface area contributed by atoms with Crippen LogP contribution in [0.1, 0.15) is 27.8 Å². The molecule has 4 aromatic rings. The molecule has 0 aliphatic carbocycles. The zero-order valence-electron chi connectivity index (χ0n) is 17.1. The van der Waals surface area contributed by atoms with Crippen LogP contribution < -0.4 is 9.64 Å². The maximum absolute atomic E-state index is 6.13. The summed E-state index contributed by atoms with van der Waals surface area (Å²) < 4.78 is 7.56. The van der Waals surface area contributed by atoms with Crippen LogP contribution in [0.15, 0.2) is 48.5 Å². The van der Waals surface area contributed by atoms with Crippen LogP contribution in [0.5, 0.6) is 5.75 Å². The minimum Gasteiger partial charge on any atom is -0.488 e. The van der Waals surface area contributed by atoms with E-state index in [1.807, 2.05) is 19.2 Å². The van der Waals surface area contributed by atoms with Gasteiger partial charge in [-0.3, -0.25) is 0 Å². The van der Waals surface area contributed by atoms with Gasteiger partial charge in [0.25, 0.3) is 0 Å². The highest BCUT2D eigenvalue weighted by Crippen LogP contribution is 2.27. The third-order valence-electron chi connectivity index (χ3n) is 4.89. The number of fused-ring (bicyclic) bond motifs is 1. The van der Waals surface area contributed by atoms with E-state index in [1.165, 1.54) is 21.3 Å². The Kier molecular flexibility index (Phi) is 5.12. The van der Waals surface area contributed by atoms with Crippen LogP contribution in [-0.2, 0) is 13.2 Å². The lowest BCUT2D eigenvalue weighted by Gasteiger charge is -2.20. The minimum absolute atomic E-state index is 0.567. The second-order valence-electron chi connectivity index (χ2n) is 7.41. The van der Waals surface area contributed by atoms with Gasteiger partial charge in [0.05, 0.1) is 0 Å². The van der Waals surface area contributed by atoms with Gasteiger partial charge in [-0.05, 0) is 65.6 Å². The lowest BCUT2D eigenvalue weighted by molar-refractivity contribution is 0.302. The summed E-state index contributed by atoms with van der Waals surface area (Å²) in [4.78, 5) is 2.07. The van der Waals surface area contributed by atoms with Crippen molar-refractivity contribution in [2.24, 2.45) is 0 Å². The molecule has 29 heavy (non-hydrogen) atoms. The quantitative estimate of drug-likeness (QED) is 0.502. The van der Waals surface area contributed by atoms with Crippen LogP contribution in [-0.4, -0.2) is 32.3 Å². The second kappa shape index (κ2) is 7.87. The topological polar surface area (TPSA) is 68.4 Å². The minimum atomic E-state index is 0.567. The molecule has 0 unspecified atom stereocenters. The molecular weight excluding hydrogens is 364 g/mol. The fraction of sp³-hybridized carbons (Fsp3) is 0.273. The Morgan fingerprint density at radius 3 is 2.38 bits per heavy atom. The maximum atomic E-state index is 6.13. The molecule has 0 aliphatic rings. The van der Waals surface area contributed by atoms with Crippen molar-refractivity contribution in [2.45, 2.75) is 33.9 Å². The monoisotopic (exact) mass is 388 g/mol. The first-order valence-electron chi connectivity index (χ1n) is 9.54. The van der Waals surface area contributed by atoms with Gasteiger partial charge in [0.15, 0.2) is 11.5 Å². The molecule has 0 saturated heterocycles. The highest BCUT2D eigenvalue weighted by atomic mass is 16.5. The summed E-state index contributed by atoms with van der Waals surface area (Å²) >= 11 is 0. The van der Waals surface area contributed by atoms with Crippen molar-refractivity contribution in [3.05, 3.63) is 76.3 Å². The Morgan fingerprint density at radius 2 is 1.66 bits per heavy atom. The molecule has 148 valence electrons. The van der Waals surface area contributed by atoms with Gasteiger partial charge in [-0.25, -0.2) is 0 Å². The number of hydrogen-bond donors (Lipinski definition) is 0. The molecule has 7 nitrogen and oxygen atoms in total. The molecule has 2 aromatic heterocycles. The number of anilines is 1. The standard InChI is InChI=1S/C22H24N6O/c1-15-5-7-18(8-6-15)14-29-22-16(2)11-19(12-17(22)3)13-27(4)21-10-9-20-23-25-26-28(20)24-21/h5-12H,13-14H2,1-4H3. The molecule has 2 heterocycles. The van der Waals surface area contributed by atoms with Crippen molar-refractivity contribution in [1.82, 2.24) is 25.3 Å². The zero-order valence-corrected chi connectivity index (χ0v) is 17.1. The van der Waals surface area contributed by atoms with E-state index in [-0.39, 0.29) is 0 Å². The molecule has 7 heteroatoms. The second-order valence-corrected chi connectivity index (χ2v) is 7.41. The zero-order chi connectivity index (χ0) is 20.4. The van der Waals surface area contributed by atoms with Crippen molar-refractivity contribution < 1.29 is 4.74 Å². The van der Waals surface area contributed by atoms with Gasteiger partial charge >= 0.3 is 0 Å². The summed E-state index contributed by atoms with van der Waals surface area (Å²) in [6, 6.07) is 16.6. The van der Waals surface area contributed by atoms with E-state index in [0.717, 1.165) is 29.2 Å². The van der Waals surface area contributed by atoms with Gasteiger partial charge in [-0.15, -0.1) is 14.8 Å². The van der Waals surface area contributed by atoms with Gasteiger partial charge in [-0.1, -0.05) is 42.0 Å². The SMILES string of the molecule is Cc1ccc(COc2c(C)cc(CN(C)c3ccc4nnnn4n3)cc2C)cc1. The molecule has 0 fully saturated rings. The number of nitrogens with zero attached hydrogens (tertiary/aromatic N) is 6. The molecule has 0 saturated carbocycles. The van der Waals surface area contributed by atoms with Gasteiger partial charge in [0, 0.05) is 13.6 Å². The largest absolute Gasteiger partial charge is 0.488 e. The number of aromatic nitrogens is 5. The van der Waals surface area contributed by atoms with E-state index >= 15 is 0 Å². The van der Waals surface area contributed by atoms with E-state index < -0.39 is 0 Å². The predicted molar refractivity (Wildman–Crippen MR) is 112 cm³/mol. The smallest absolute Gasteiger partial charge is 0.200 e. The maximum Gasteiger partial charge on any atom is 0.200 e. The summed E-state index contributed by atoms with van der Waals surface area (Å²) in [6.07, 6.45) is 0. The predicted octanol–water partition coefficient (Wildman–Crippen LogP) is 3.66. The number of benzene rings is 2. The van der Waals surface area contributed by atoms with Crippen LogP contribution in [0.4, 0.5) is 5.82 Å². The van der Waals surface area contributed by atoms with Crippen molar-refractivity contribution >= 4 is 11.5 Å². The van der Waals surface area contributed by atoms with Crippen LogP contribution in [0.2, 0.25) is 0 Å². The van der Waals surface area contributed by atoms with Gasteiger partial charge in [0.1, 0.15) is 12.4 Å². The van der Waals surface area contributed by atoms with E-state index in [0.29, 0.717) is 12.3 Å². The van der Waals surface area contributed by atoms with Crippen LogP contribution in [0.25, 0.3) is 5.65 Å². The Balaban J connectivity index is 1.47. The first-order chi connectivity index (χ1) is 14.0. The molecule has 0 N–H and O–H groups in total. The van der Waals surface area contributed by atoms with E-state index in [2.05, 4.69) is 82.7 Å². The average molecular weight is 388 g/mol. The molecule has 0 atom stereocenters. The summed E-state index contributed by atoms with van der Waals surface area (Å²) in [5, 5.41) is 15.8. The fourth-order valence-corrected chi connectivity index (χ4v) is 3.40. The third-order valence-corrected chi connectivity index (χ3v) is 4.89. The first kappa shape index (κ1) is 18.9. The molecule has 0 amide bonds. The van der Waals surface area contributed by atoms with Crippen molar-refractivity contribution in [3.8, 4) is 5.75 Å².